The number of anilines is 1. The van der Waals surface area contributed by atoms with E-state index in [0.717, 1.165) is 30.5 Å². The third-order valence-electron chi connectivity index (χ3n) is 4.50. The Hall–Kier alpha value is -1.20. The van der Waals surface area contributed by atoms with Crippen LogP contribution in [-0.4, -0.2) is 47.1 Å². The standard InChI is InChI=1S/C14H20N4S/c1-17-10-4-5-11(17)9-18(8-6-10)14-12(13(15)19)3-2-7-16-14/h2-3,7,10-11H,4-6,8-9H2,1H3,(H2,15,19). The first kappa shape index (κ1) is 12.8. The monoisotopic (exact) mass is 276 g/mol. The maximum Gasteiger partial charge on any atom is 0.138 e. The second kappa shape index (κ2) is 5.06. The summed E-state index contributed by atoms with van der Waals surface area (Å²) in [5.74, 6) is 0.955. The van der Waals surface area contributed by atoms with Crippen LogP contribution in [0.25, 0.3) is 0 Å². The van der Waals surface area contributed by atoms with Crippen LogP contribution < -0.4 is 10.6 Å². The van der Waals surface area contributed by atoms with Crippen molar-refractivity contribution in [1.82, 2.24) is 9.88 Å². The second-order valence-electron chi connectivity index (χ2n) is 5.52. The number of likely N-dealkylation sites (N-methyl/N-ethyl adjacent to an activating group) is 1. The van der Waals surface area contributed by atoms with E-state index >= 15 is 0 Å². The van der Waals surface area contributed by atoms with E-state index in [1.165, 1.54) is 19.3 Å². The van der Waals surface area contributed by atoms with Crippen LogP contribution in [-0.2, 0) is 0 Å². The van der Waals surface area contributed by atoms with Gasteiger partial charge in [0.25, 0.3) is 0 Å². The largest absolute Gasteiger partial charge is 0.389 e. The predicted molar refractivity (Wildman–Crippen MR) is 81.5 cm³/mol. The molecule has 2 saturated heterocycles. The maximum absolute atomic E-state index is 5.82. The van der Waals surface area contributed by atoms with Gasteiger partial charge in [-0.3, -0.25) is 4.90 Å². The molecule has 0 amide bonds. The first-order valence-electron chi connectivity index (χ1n) is 6.88. The summed E-state index contributed by atoms with van der Waals surface area (Å²) >= 11 is 5.14. The van der Waals surface area contributed by atoms with Gasteiger partial charge in [0.1, 0.15) is 10.8 Å². The molecule has 2 unspecified atom stereocenters. The van der Waals surface area contributed by atoms with Gasteiger partial charge in [-0.05, 0) is 38.4 Å². The van der Waals surface area contributed by atoms with E-state index in [9.17, 15) is 0 Å². The zero-order valence-electron chi connectivity index (χ0n) is 11.2. The number of thiocarbonyl (C=S) groups is 1. The molecular formula is C14H20N4S. The Morgan fingerprint density at radius 3 is 2.95 bits per heavy atom. The summed E-state index contributed by atoms with van der Waals surface area (Å²) in [6, 6.07) is 5.23. The Morgan fingerprint density at radius 2 is 2.16 bits per heavy atom. The van der Waals surface area contributed by atoms with Crippen molar-refractivity contribution in [3.05, 3.63) is 23.9 Å². The minimum absolute atomic E-state index is 0.436. The molecule has 2 bridgehead atoms. The third kappa shape index (κ3) is 2.32. The van der Waals surface area contributed by atoms with Gasteiger partial charge < -0.3 is 10.6 Å². The van der Waals surface area contributed by atoms with Gasteiger partial charge in [0.05, 0.1) is 5.56 Å². The summed E-state index contributed by atoms with van der Waals surface area (Å²) in [6.07, 6.45) is 5.64. The molecule has 2 atom stereocenters. The Morgan fingerprint density at radius 1 is 1.37 bits per heavy atom. The van der Waals surface area contributed by atoms with Gasteiger partial charge >= 0.3 is 0 Å². The van der Waals surface area contributed by atoms with E-state index < -0.39 is 0 Å². The van der Waals surface area contributed by atoms with Gasteiger partial charge in [0, 0.05) is 31.4 Å². The van der Waals surface area contributed by atoms with Crippen LogP contribution >= 0.6 is 12.2 Å². The molecule has 1 aromatic rings. The molecule has 3 rings (SSSR count). The third-order valence-corrected chi connectivity index (χ3v) is 4.72. The van der Waals surface area contributed by atoms with Crippen LogP contribution in [0.3, 0.4) is 0 Å². The van der Waals surface area contributed by atoms with Gasteiger partial charge in [0.2, 0.25) is 0 Å². The Bertz CT molecular complexity index is 490. The fourth-order valence-electron chi connectivity index (χ4n) is 3.34. The number of hydrogen-bond donors (Lipinski definition) is 1. The topological polar surface area (TPSA) is 45.4 Å². The van der Waals surface area contributed by atoms with Gasteiger partial charge in [-0.2, -0.15) is 0 Å². The number of rotatable bonds is 2. The Kier molecular flexibility index (Phi) is 3.41. The molecule has 19 heavy (non-hydrogen) atoms. The molecule has 0 radical (unpaired) electrons. The van der Waals surface area contributed by atoms with Crippen molar-refractivity contribution in [3.8, 4) is 0 Å². The van der Waals surface area contributed by atoms with E-state index in [1.54, 1.807) is 0 Å². The van der Waals surface area contributed by atoms with Crippen molar-refractivity contribution in [2.24, 2.45) is 5.73 Å². The maximum atomic E-state index is 5.82. The molecule has 0 aromatic carbocycles. The molecule has 0 saturated carbocycles. The average Bonchev–Trinajstić information content (AvgIpc) is 2.63. The molecule has 2 aliphatic rings. The molecule has 0 spiro atoms. The molecule has 2 N–H and O–H groups in total. The lowest BCUT2D eigenvalue weighted by molar-refractivity contribution is 0.254. The summed E-state index contributed by atoms with van der Waals surface area (Å²) in [6.45, 7) is 2.07. The first-order chi connectivity index (χ1) is 9.16. The number of hydrogen-bond acceptors (Lipinski definition) is 4. The van der Waals surface area contributed by atoms with Crippen LogP contribution in [0.1, 0.15) is 24.8 Å². The zero-order valence-corrected chi connectivity index (χ0v) is 12.1. The predicted octanol–water partition coefficient (Wildman–Crippen LogP) is 1.39. The van der Waals surface area contributed by atoms with Crippen LogP contribution in [0.5, 0.6) is 0 Å². The second-order valence-corrected chi connectivity index (χ2v) is 5.96. The highest BCUT2D eigenvalue weighted by molar-refractivity contribution is 7.80. The molecule has 102 valence electrons. The molecule has 0 aliphatic carbocycles. The highest BCUT2D eigenvalue weighted by Crippen LogP contribution is 2.31. The molecule has 2 aliphatic heterocycles. The van der Waals surface area contributed by atoms with Gasteiger partial charge in [0.15, 0.2) is 0 Å². The van der Waals surface area contributed by atoms with Crippen LogP contribution in [0.2, 0.25) is 0 Å². The van der Waals surface area contributed by atoms with E-state index in [1.807, 2.05) is 18.3 Å². The zero-order chi connectivity index (χ0) is 13.4. The lowest BCUT2D eigenvalue weighted by atomic mass is 10.1. The first-order valence-corrected chi connectivity index (χ1v) is 7.29. The van der Waals surface area contributed by atoms with E-state index in [4.69, 9.17) is 18.0 Å². The number of nitrogens with two attached hydrogens (primary N) is 1. The van der Waals surface area contributed by atoms with Crippen LogP contribution in [0.4, 0.5) is 5.82 Å². The number of fused-ring (bicyclic) bond motifs is 2. The smallest absolute Gasteiger partial charge is 0.138 e. The highest BCUT2D eigenvalue weighted by Gasteiger charge is 2.35. The molecule has 3 heterocycles. The Labute approximate surface area is 119 Å². The fraction of sp³-hybridized carbons (Fsp3) is 0.571. The van der Waals surface area contributed by atoms with Crippen molar-refractivity contribution < 1.29 is 0 Å². The van der Waals surface area contributed by atoms with E-state index in [2.05, 4.69) is 21.8 Å². The van der Waals surface area contributed by atoms with Crippen molar-refractivity contribution in [2.45, 2.75) is 31.3 Å². The van der Waals surface area contributed by atoms with E-state index in [-0.39, 0.29) is 0 Å². The minimum Gasteiger partial charge on any atom is -0.389 e. The van der Waals surface area contributed by atoms with Crippen molar-refractivity contribution in [2.75, 3.05) is 25.0 Å². The summed E-state index contributed by atoms with van der Waals surface area (Å²) < 4.78 is 0. The number of nitrogens with zero attached hydrogens (tertiary/aromatic N) is 3. The lowest BCUT2D eigenvalue weighted by Gasteiger charge is -2.28. The van der Waals surface area contributed by atoms with Crippen LogP contribution in [0.15, 0.2) is 18.3 Å². The van der Waals surface area contributed by atoms with Crippen molar-refractivity contribution in [1.29, 1.82) is 0 Å². The van der Waals surface area contributed by atoms with Crippen LogP contribution in [0, 0.1) is 0 Å². The summed E-state index contributed by atoms with van der Waals surface area (Å²) in [4.78, 5) is 9.84. The SMILES string of the molecule is CN1C2CCC1CN(c1ncccc1C(N)=S)CC2. The van der Waals surface area contributed by atoms with Gasteiger partial charge in [-0.15, -0.1) is 0 Å². The minimum atomic E-state index is 0.436. The average molecular weight is 276 g/mol. The molecule has 2 fully saturated rings. The number of pyridine rings is 1. The van der Waals surface area contributed by atoms with Crippen molar-refractivity contribution >= 4 is 23.0 Å². The molecule has 5 heteroatoms. The normalized spacial score (nSPS) is 27.3. The lowest BCUT2D eigenvalue weighted by Crippen LogP contribution is -2.37. The molecule has 4 nitrogen and oxygen atoms in total. The molecular weight excluding hydrogens is 256 g/mol. The number of aromatic nitrogens is 1. The van der Waals surface area contributed by atoms with Gasteiger partial charge in [-0.1, -0.05) is 12.2 Å². The Balaban J connectivity index is 1.89. The molecule has 1 aromatic heterocycles. The summed E-state index contributed by atoms with van der Waals surface area (Å²) in [5.41, 5.74) is 6.72. The highest BCUT2D eigenvalue weighted by atomic mass is 32.1. The quantitative estimate of drug-likeness (QED) is 0.827. The van der Waals surface area contributed by atoms with Crippen molar-refractivity contribution in [3.63, 3.8) is 0 Å². The van der Waals surface area contributed by atoms with Gasteiger partial charge in [-0.25, -0.2) is 4.98 Å². The summed E-state index contributed by atoms with van der Waals surface area (Å²) in [7, 11) is 2.25. The fourth-order valence-corrected chi connectivity index (χ4v) is 3.50. The van der Waals surface area contributed by atoms with E-state index in [0.29, 0.717) is 11.0 Å². The summed E-state index contributed by atoms with van der Waals surface area (Å²) in [5, 5.41) is 0.